The van der Waals surface area contributed by atoms with Gasteiger partial charge in [0.1, 0.15) is 18.7 Å². The number of primary amides is 1. The average molecular weight is 565 g/mol. The molecule has 13 nitrogen and oxygen atoms in total. The Morgan fingerprint density at radius 1 is 0.975 bits per heavy atom. The number of carbonyl (C=O) groups is 5. The van der Waals surface area contributed by atoms with Gasteiger partial charge in [-0.15, -0.1) is 0 Å². The van der Waals surface area contributed by atoms with Gasteiger partial charge in [-0.3, -0.25) is 14.4 Å². The quantitative estimate of drug-likeness (QED) is 0.139. The van der Waals surface area contributed by atoms with Crippen LogP contribution in [-0.4, -0.2) is 66.2 Å². The number of hydrogen-bond donors (Lipinski definition) is 7. The van der Waals surface area contributed by atoms with Crippen LogP contribution in [0.2, 0.25) is 0 Å². The summed E-state index contributed by atoms with van der Waals surface area (Å²) in [5.41, 5.74) is 6.23. The van der Waals surface area contributed by atoms with E-state index < -0.39 is 42.1 Å². The minimum atomic E-state index is -0.948. The van der Waals surface area contributed by atoms with Gasteiger partial charge in [0.05, 0.1) is 6.10 Å². The van der Waals surface area contributed by atoms with Crippen LogP contribution in [0.25, 0.3) is 0 Å². The Morgan fingerprint density at radius 2 is 1.65 bits per heavy atom. The minimum Gasteiger partial charge on any atom is -0.445 e. The number of benzene rings is 1. The molecule has 40 heavy (non-hydrogen) atoms. The van der Waals surface area contributed by atoms with Crippen LogP contribution in [0, 0.1) is 5.92 Å². The molecular formula is C27H44N6O7. The second-order valence-corrected chi connectivity index (χ2v) is 9.74. The first-order chi connectivity index (χ1) is 19.0. The van der Waals surface area contributed by atoms with Crippen LogP contribution in [-0.2, 0) is 25.7 Å². The lowest BCUT2D eigenvalue weighted by Gasteiger charge is -2.25. The summed E-state index contributed by atoms with van der Waals surface area (Å²) in [6, 6.07) is 4.15. The van der Waals surface area contributed by atoms with Gasteiger partial charge >= 0.3 is 12.1 Å². The number of carbonyl (C=O) groups excluding carboxylic acids is 5. The summed E-state index contributed by atoms with van der Waals surface area (Å²) in [6.45, 7) is 7.56. The Balaban J connectivity index is 2.82. The molecule has 0 heterocycles. The fourth-order valence-corrected chi connectivity index (χ4v) is 3.51. The van der Waals surface area contributed by atoms with Gasteiger partial charge in [0, 0.05) is 25.2 Å². The number of urea groups is 1. The number of alkyl carbamates (subject to hydrolysis) is 1. The predicted molar refractivity (Wildman–Crippen MR) is 150 cm³/mol. The van der Waals surface area contributed by atoms with E-state index in [1.165, 1.54) is 0 Å². The van der Waals surface area contributed by atoms with E-state index in [1.807, 2.05) is 6.92 Å². The molecule has 0 spiro atoms. The third-order valence-electron chi connectivity index (χ3n) is 5.89. The lowest BCUT2D eigenvalue weighted by Crippen LogP contribution is -2.54. The summed E-state index contributed by atoms with van der Waals surface area (Å²) in [5, 5.41) is 22.6. The Hall–Kier alpha value is -3.87. The Morgan fingerprint density at radius 3 is 2.23 bits per heavy atom. The molecule has 0 saturated carbocycles. The van der Waals surface area contributed by atoms with E-state index in [0.29, 0.717) is 30.5 Å². The summed E-state index contributed by atoms with van der Waals surface area (Å²) in [4.78, 5) is 61.0. The summed E-state index contributed by atoms with van der Waals surface area (Å²) < 4.78 is 5.12. The van der Waals surface area contributed by atoms with Crippen molar-refractivity contribution < 1.29 is 33.8 Å². The molecule has 0 bridgehead atoms. The van der Waals surface area contributed by atoms with Crippen LogP contribution in [0.3, 0.4) is 0 Å². The fraction of sp³-hybridized carbons (Fsp3) is 0.593. The van der Waals surface area contributed by atoms with Gasteiger partial charge in [-0.25, -0.2) is 9.59 Å². The van der Waals surface area contributed by atoms with Crippen LogP contribution in [0.1, 0.15) is 65.4 Å². The summed E-state index contributed by atoms with van der Waals surface area (Å²) in [6.07, 6.45) is 0.711. The molecule has 0 aromatic heterocycles. The molecule has 3 atom stereocenters. The van der Waals surface area contributed by atoms with Crippen molar-refractivity contribution in [2.75, 3.05) is 18.4 Å². The molecule has 1 aromatic rings. The number of hydrogen-bond acceptors (Lipinski definition) is 7. The first kappa shape index (κ1) is 34.2. The second kappa shape index (κ2) is 18.4. The third kappa shape index (κ3) is 13.8. The molecule has 0 aliphatic heterocycles. The zero-order valence-corrected chi connectivity index (χ0v) is 23.7. The van der Waals surface area contributed by atoms with Gasteiger partial charge in [-0.1, -0.05) is 39.8 Å². The smallest absolute Gasteiger partial charge is 0.407 e. The van der Waals surface area contributed by atoms with Crippen molar-refractivity contribution in [1.29, 1.82) is 0 Å². The largest absolute Gasteiger partial charge is 0.445 e. The van der Waals surface area contributed by atoms with Crippen molar-refractivity contribution in [2.45, 2.75) is 84.6 Å². The lowest BCUT2D eigenvalue weighted by molar-refractivity contribution is -0.132. The SMILES string of the molecule is CCCC(=O)N[C@H](C(=O)N[C@@H](CCCNC(N)=O)C(=O)Nc1ccc(COC(=O)NCC(O)CC)cc1)C(C)C. The fourth-order valence-electron chi connectivity index (χ4n) is 3.51. The number of aliphatic hydroxyl groups is 1. The number of aliphatic hydroxyl groups excluding tert-OH is 1. The highest BCUT2D eigenvalue weighted by atomic mass is 16.5. The van der Waals surface area contributed by atoms with E-state index in [4.69, 9.17) is 10.5 Å². The first-order valence-corrected chi connectivity index (χ1v) is 13.6. The molecule has 6 amide bonds. The van der Waals surface area contributed by atoms with Crippen LogP contribution in [0.5, 0.6) is 0 Å². The maximum Gasteiger partial charge on any atom is 0.407 e. The number of ether oxygens (including phenoxy) is 1. The van der Waals surface area contributed by atoms with E-state index >= 15 is 0 Å². The van der Waals surface area contributed by atoms with Crippen LogP contribution >= 0.6 is 0 Å². The summed E-state index contributed by atoms with van der Waals surface area (Å²) in [5.74, 6) is -1.43. The van der Waals surface area contributed by atoms with Gasteiger partial charge in [0.15, 0.2) is 0 Å². The van der Waals surface area contributed by atoms with Crippen molar-refractivity contribution in [3.63, 3.8) is 0 Å². The Labute approximate surface area is 235 Å². The van der Waals surface area contributed by atoms with Gasteiger partial charge in [-0.05, 0) is 49.3 Å². The van der Waals surface area contributed by atoms with Crippen molar-refractivity contribution in [1.82, 2.24) is 21.3 Å². The summed E-state index contributed by atoms with van der Waals surface area (Å²) in [7, 11) is 0. The number of amides is 6. The number of anilines is 1. The summed E-state index contributed by atoms with van der Waals surface area (Å²) >= 11 is 0. The molecular weight excluding hydrogens is 520 g/mol. The highest BCUT2D eigenvalue weighted by Gasteiger charge is 2.28. The minimum absolute atomic E-state index is 0.00579. The van der Waals surface area contributed by atoms with Crippen LogP contribution in [0.4, 0.5) is 15.3 Å². The highest BCUT2D eigenvalue weighted by molar-refractivity contribution is 5.98. The average Bonchev–Trinajstić information content (AvgIpc) is 2.91. The normalized spacial score (nSPS) is 12.9. The van der Waals surface area contributed by atoms with Crippen molar-refractivity contribution >= 4 is 35.5 Å². The number of nitrogens with one attached hydrogen (secondary N) is 5. The maximum absolute atomic E-state index is 13.1. The molecule has 0 saturated heterocycles. The molecule has 13 heteroatoms. The first-order valence-electron chi connectivity index (χ1n) is 13.6. The lowest BCUT2D eigenvalue weighted by atomic mass is 10.0. The molecule has 1 aromatic carbocycles. The van der Waals surface area contributed by atoms with E-state index in [1.54, 1.807) is 45.0 Å². The molecule has 1 rings (SSSR count). The Kier molecular flexibility index (Phi) is 15.7. The van der Waals surface area contributed by atoms with Crippen molar-refractivity contribution in [3.8, 4) is 0 Å². The monoisotopic (exact) mass is 564 g/mol. The van der Waals surface area contributed by atoms with Crippen molar-refractivity contribution in [2.24, 2.45) is 11.7 Å². The predicted octanol–water partition coefficient (Wildman–Crippen LogP) is 1.50. The van der Waals surface area contributed by atoms with E-state index in [9.17, 15) is 29.1 Å². The number of nitrogens with two attached hydrogens (primary N) is 1. The maximum atomic E-state index is 13.1. The zero-order valence-electron chi connectivity index (χ0n) is 23.7. The topological polar surface area (TPSA) is 201 Å². The molecule has 224 valence electrons. The van der Waals surface area contributed by atoms with E-state index in [0.717, 1.165) is 0 Å². The molecule has 8 N–H and O–H groups in total. The van der Waals surface area contributed by atoms with Gasteiger partial charge < -0.3 is 42.2 Å². The third-order valence-corrected chi connectivity index (χ3v) is 5.89. The van der Waals surface area contributed by atoms with E-state index in [-0.39, 0.29) is 44.4 Å². The van der Waals surface area contributed by atoms with E-state index in [2.05, 4.69) is 26.6 Å². The van der Waals surface area contributed by atoms with Crippen LogP contribution in [0.15, 0.2) is 24.3 Å². The number of rotatable bonds is 17. The van der Waals surface area contributed by atoms with Gasteiger partial charge in [-0.2, -0.15) is 0 Å². The van der Waals surface area contributed by atoms with Gasteiger partial charge in [0.2, 0.25) is 17.7 Å². The standard InChI is InChI=1S/C27H44N6O7/c1-5-8-22(35)33-23(17(3)4)25(37)32-21(9-7-14-29-26(28)38)24(36)31-19-12-10-18(11-13-19)16-40-27(39)30-15-20(34)6-2/h10-13,17,20-21,23,34H,5-9,14-16H2,1-4H3,(H,30,39)(H,31,36)(H,32,37)(H,33,35)(H3,28,29,38)/t20?,21-,23-/m0/s1. The molecule has 1 unspecified atom stereocenters. The highest BCUT2D eigenvalue weighted by Crippen LogP contribution is 2.13. The molecule has 0 aliphatic rings. The molecule has 0 fully saturated rings. The van der Waals surface area contributed by atoms with Gasteiger partial charge in [0.25, 0.3) is 0 Å². The molecule has 0 radical (unpaired) electrons. The Bertz CT molecular complexity index is 971. The zero-order chi connectivity index (χ0) is 30.1. The van der Waals surface area contributed by atoms with Crippen LogP contribution < -0.4 is 32.3 Å². The molecule has 0 aliphatic carbocycles. The van der Waals surface area contributed by atoms with Crippen molar-refractivity contribution in [3.05, 3.63) is 29.8 Å². The second-order valence-electron chi connectivity index (χ2n) is 9.74.